The summed E-state index contributed by atoms with van der Waals surface area (Å²) < 4.78 is 7.47. The molecule has 1 fully saturated rings. The highest BCUT2D eigenvalue weighted by Gasteiger charge is 2.31. The molecular formula is C15H18ClN3O3. The highest BCUT2D eigenvalue weighted by atomic mass is 35.5. The minimum absolute atomic E-state index is 0.122. The quantitative estimate of drug-likeness (QED) is 0.791. The molecule has 2 heterocycles. The minimum Gasteiger partial charge on any atom is -0.481 e. The van der Waals surface area contributed by atoms with Gasteiger partial charge in [0.1, 0.15) is 5.15 Å². The Balaban J connectivity index is 2.02. The lowest BCUT2D eigenvalue weighted by atomic mass is 10.2. The van der Waals surface area contributed by atoms with Crippen LogP contribution in [-0.2, 0) is 11.3 Å². The Bertz CT molecular complexity index is 710. The fourth-order valence-corrected chi connectivity index (χ4v) is 2.77. The molecule has 0 bridgehead atoms. The van der Waals surface area contributed by atoms with E-state index in [1.807, 2.05) is 11.6 Å². The summed E-state index contributed by atoms with van der Waals surface area (Å²) in [5, 5.41) is 14.7. The van der Waals surface area contributed by atoms with Crippen LogP contribution in [0.2, 0.25) is 5.15 Å². The van der Waals surface area contributed by atoms with Crippen LogP contribution in [0.1, 0.15) is 44.2 Å². The zero-order valence-corrected chi connectivity index (χ0v) is 13.1. The van der Waals surface area contributed by atoms with E-state index in [1.165, 1.54) is 0 Å². The van der Waals surface area contributed by atoms with Gasteiger partial charge in [-0.15, -0.1) is 0 Å². The molecule has 1 aliphatic rings. The summed E-state index contributed by atoms with van der Waals surface area (Å²) >= 11 is 6.09. The predicted octanol–water partition coefficient (Wildman–Crippen LogP) is 3.23. The van der Waals surface area contributed by atoms with Crippen LogP contribution in [-0.4, -0.2) is 32.4 Å². The molecule has 0 amide bonds. The summed E-state index contributed by atoms with van der Waals surface area (Å²) in [6, 6.07) is 1.78. The van der Waals surface area contributed by atoms with Crippen LogP contribution in [0.3, 0.4) is 0 Å². The van der Waals surface area contributed by atoms with E-state index in [9.17, 15) is 4.79 Å². The van der Waals surface area contributed by atoms with Crippen LogP contribution in [0.15, 0.2) is 6.07 Å². The lowest BCUT2D eigenvalue weighted by Crippen LogP contribution is -2.04. The van der Waals surface area contributed by atoms with Crippen LogP contribution in [0.25, 0.3) is 10.9 Å². The molecule has 118 valence electrons. The second-order valence-corrected chi connectivity index (χ2v) is 5.84. The molecule has 1 N–H and O–H groups in total. The molecule has 1 saturated carbocycles. The number of ether oxygens (including phenoxy) is 1. The Morgan fingerprint density at radius 2 is 2.32 bits per heavy atom. The molecule has 0 aromatic carbocycles. The maximum absolute atomic E-state index is 10.7. The first-order valence-electron chi connectivity index (χ1n) is 7.51. The Kier molecular flexibility index (Phi) is 4.20. The molecule has 0 aliphatic heterocycles. The van der Waals surface area contributed by atoms with Crippen LogP contribution in [0, 0.1) is 0 Å². The van der Waals surface area contributed by atoms with Crippen molar-refractivity contribution in [3.05, 3.63) is 16.9 Å². The van der Waals surface area contributed by atoms with Crippen molar-refractivity contribution >= 4 is 28.5 Å². The minimum atomic E-state index is -0.798. The lowest BCUT2D eigenvalue weighted by molar-refractivity contribution is -0.137. The SMILES string of the molecule is CCOc1nc(Cl)cc2c1c(C1CC1)nn2CCCC(=O)O. The zero-order chi connectivity index (χ0) is 15.7. The summed E-state index contributed by atoms with van der Waals surface area (Å²) in [6.45, 7) is 2.96. The summed E-state index contributed by atoms with van der Waals surface area (Å²) in [5.41, 5.74) is 1.87. The molecule has 22 heavy (non-hydrogen) atoms. The lowest BCUT2D eigenvalue weighted by Gasteiger charge is -2.06. The molecular weight excluding hydrogens is 306 g/mol. The van der Waals surface area contributed by atoms with E-state index in [1.54, 1.807) is 6.07 Å². The predicted molar refractivity (Wildman–Crippen MR) is 82.6 cm³/mol. The van der Waals surface area contributed by atoms with E-state index >= 15 is 0 Å². The van der Waals surface area contributed by atoms with Gasteiger partial charge in [-0.2, -0.15) is 5.10 Å². The van der Waals surface area contributed by atoms with Crippen molar-refractivity contribution in [1.82, 2.24) is 14.8 Å². The van der Waals surface area contributed by atoms with Crippen LogP contribution < -0.4 is 4.74 Å². The number of carbonyl (C=O) groups is 1. The van der Waals surface area contributed by atoms with Gasteiger partial charge in [0, 0.05) is 24.9 Å². The number of aryl methyl sites for hydroxylation is 1. The number of aliphatic carboxylic acids is 1. The molecule has 0 atom stereocenters. The fraction of sp³-hybridized carbons (Fsp3) is 0.533. The number of aromatic nitrogens is 3. The first kappa shape index (κ1) is 15.1. The van der Waals surface area contributed by atoms with Crippen LogP contribution in [0.5, 0.6) is 5.88 Å². The van der Waals surface area contributed by atoms with E-state index in [0.717, 1.165) is 29.4 Å². The number of fused-ring (bicyclic) bond motifs is 1. The zero-order valence-electron chi connectivity index (χ0n) is 12.4. The summed E-state index contributed by atoms with van der Waals surface area (Å²) in [5.74, 6) is 0.176. The summed E-state index contributed by atoms with van der Waals surface area (Å²) in [7, 11) is 0. The monoisotopic (exact) mass is 323 g/mol. The molecule has 0 spiro atoms. The number of carboxylic acid groups (broad SMARTS) is 1. The third-order valence-corrected chi connectivity index (χ3v) is 3.90. The van der Waals surface area contributed by atoms with Gasteiger partial charge >= 0.3 is 5.97 Å². The second-order valence-electron chi connectivity index (χ2n) is 5.46. The first-order chi connectivity index (χ1) is 10.6. The summed E-state index contributed by atoms with van der Waals surface area (Å²) in [4.78, 5) is 15.0. The van der Waals surface area contributed by atoms with E-state index in [-0.39, 0.29) is 6.42 Å². The van der Waals surface area contributed by atoms with Crippen LogP contribution in [0.4, 0.5) is 0 Å². The Morgan fingerprint density at radius 3 is 2.95 bits per heavy atom. The van der Waals surface area contributed by atoms with Crippen molar-refractivity contribution in [1.29, 1.82) is 0 Å². The van der Waals surface area contributed by atoms with E-state index in [0.29, 0.717) is 36.5 Å². The Morgan fingerprint density at radius 1 is 1.55 bits per heavy atom. The largest absolute Gasteiger partial charge is 0.481 e. The van der Waals surface area contributed by atoms with E-state index in [4.69, 9.17) is 21.4 Å². The van der Waals surface area contributed by atoms with Crippen molar-refractivity contribution in [2.75, 3.05) is 6.61 Å². The highest BCUT2D eigenvalue weighted by molar-refractivity contribution is 6.30. The van der Waals surface area contributed by atoms with Gasteiger partial charge in [0.05, 0.1) is 23.2 Å². The topological polar surface area (TPSA) is 77.2 Å². The molecule has 0 unspecified atom stereocenters. The number of halogens is 1. The van der Waals surface area contributed by atoms with Crippen LogP contribution >= 0.6 is 11.6 Å². The Labute approximate surface area is 133 Å². The number of rotatable bonds is 7. The van der Waals surface area contributed by atoms with Gasteiger partial charge < -0.3 is 9.84 Å². The highest BCUT2D eigenvalue weighted by Crippen LogP contribution is 2.45. The second kappa shape index (κ2) is 6.12. The van der Waals surface area contributed by atoms with Crippen molar-refractivity contribution in [2.45, 2.75) is 45.1 Å². The number of nitrogens with zero attached hydrogens (tertiary/aromatic N) is 3. The molecule has 0 saturated heterocycles. The van der Waals surface area contributed by atoms with Crippen molar-refractivity contribution < 1.29 is 14.6 Å². The third kappa shape index (κ3) is 3.02. The Hall–Kier alpha value is -1.82. The number of hydrogen-bond donors (Lipinski definition) is 1. The molecule has 0 radical (unpaired) electrons. The van der Waals surface area contributed by atoms with Gasteiger partial charge in [-0.05, 0) is 26.2 Å². The summed E-state index contributed by atoms with van der Waals surface area (Å²) in [6.07, 6.45) is 2.89. The smallest absolute Gasteiger partial charge is 0.303 e. The average molecular weight is 324 g/mol. The van der Waals surface area contributed by atoms with Crippen molar-refractivity contribution in [2.24, 2.45) is 0 Å². The maximum atomic E-state index is 10.7. The standard InChI is InChI=1S/C15H18ClN3O3/c1-2-22-15-13-10(8-11(16)17-15)19(7-3-4-12(20)21)18-14(13)9-5-6-9/h8-9H,2-7H2,1H3,(H,20,21). The molecule has 2 aromatic heterocycles. The van der Waals surface area contributed by atoms with Gasteiger partial charge in [0.15, 0.2) is 0 Å². The van der Waals surface area contributed by atoms with Gasteiger partial charge in [-0.3, -0.25) is 9.48 Å². The van der Waals surface area contributed by atoms with E-state index in [2.05, 4.69) is 10.1 Å². The molecule has 2 aromatic rings. The van der Waals surface area contributed by atoms with Gasteiger partial charge in [-0.25, -0.2) is 4.98 Å². The normalized spacial score (nSPS) is 14.5. The third-order valence-electron chi connectivity index (χ3n) is 3.70. The fourth-order valence-electron chi connectivity index (χ4n) is 2.59. The first-order valence-corrected chi connectivity index (χ1v) is 7.89. The van der Waals surface area contributed by atoms with Gasteiger partial charge in [0.2, 0.25) is 5.88 Å². The van der Waals surface area contributed by atoms with Gasteiger partial charge in [0.25, 0.3) is 0 Å². The van der Waals surface area contributed by atoms with Gasteiger partial charge in [-0.1, -0.05) is 11.6 Å². The average Bonchev–Trinajstić information content (AvgIpc) is 3.23. The van der Waals surface area contributed by atoms with E-state index < -0.39 is 5.97 Å². The molecule has 7 heteroatoms. The molecule has 6 nitrogen and oxygen atoms in total. The number of hydrogen-bond acceptors (Lipinski definition) is 4. The molecule has 1 aliphatic carbocycles. The number of carboxylic acids is 1. The number of pyridine rings is 1. The maximum Gasteiger partial charge on any atom is 0.303 e. The van der Waals surface area contributed by atoms with Crippen molar-refractivity contribution in [3.8, 4) is 5.88 Å². The van der Waals surface area contributed by atoms with Crippen molar-refractivity contribution in [3.63, 3.8) is 0 Å². The molecule has 3 rings (SSSR count).